The molecular formula is C12H21N3. The summed E-state index contributed by atoms with van der Waals surface area (Å²) in [7, 11) is 0. The van der Waals surface area contributed by atoms with E-state index in [1.807, 2.05) is 23.1 Å². The molecule has 2 rings (SSSR count). The summed E-state index contributed by atoms with van der Waals surface area (Å²) in [5.74, 6) is 0.905. The fraction of sp³-hybridized carbons (Fsp3) is 0.750. The van der Waals surface area contributed by atoms with E-state index in [1.165, 1.54) is 25.7 Å². The Morgan fingerprint density at radius 2 is 2.27 bits per heavy atom. The molecule has 84 valence electrons. The summed E-state index contributed by atoms with van der Waals surface area (Å²) in [6.07, 6.45) is 9.53. The van der Waals surface area contributed by atoms with Crippen LogP contribution in [0.3, 0.4) is 0 Å². The molecule has 1 saturated carbocycles. The number of nitrogens with one attached hydrogen (secondary N) is 1. The third-order valence-corrected chi connectivity index (χ3v) is 3.47. The van der Waals surface area contributed by atoms with E-state index in [0.717, 1.165) is 19.0 Å². The van der Waals surface area contributed by atoms with E-state index >= 15 is 0 Å². The van der Waals surface area contributed by atoms with Crippen LogP contribution in [0, 0.1) is 5.92 Å². The van der Waals surface area contributed by atoms with Gasteiger partial charge in [0.05, 0.1) is 6.54 Å². The molecule has 15 heavy (non-hydrogen) atoms. The van der Waals surface area contributed by atoms with E-state index in [4.69, 9.17) is 0 Å². The average molecular weight is 207 g/mol. The quantitative estimate of drug-likeness (QED) is 0.801. The van der Waals surface area contributed by atoms with E-state index in [0.29, 0.717) is 6.04 Å². The standard InChI is InChI=1S/C12H21N3/c1-11(12-5-2-3-6-12)13-8-10-15-9-4-7-14-15/h4,7,9,11-13H,2-3,5-6,8,10H2,1H3. The van der Waals surface area contributed by atoms with Crippen molar-refractivity contribution in [1.82, 2.24) is 15.1 Å². The molecule has 1 aliphatic carbocycles. The van der Waals surface area contributed by atoms with Gasteiger partial charge in [-0.15, -0.1) is 0 Å². The Hall–Kier alpha value is -0.830. The first-order valence-corrected chi connectivity index (χ1v) is 6.07. The number of aromatic nitrogens is 2. The lowest BCUT2D eigenvalue weighted by atomic mass is 10.00. The highest BCUT2D eigenvalue weighted by Gasteiger charge is 2.20. The molecule has 1 unspecified atom stereocenters. The molecule has 0 aromatic carbocycles. The Kier molecular flexibility index (Phi) is 3.78. The molecule has 0 radical (unpaired) electrons. The first kappa shape index (κ1) is 10.7. The molecule has 0 saturated heterocycles. The van der Waals surface area contributed by atoms with Crippen molar-refractivity contribution in [3.05, 3.63) is 18.5 Å². The first-order chi connectivity index (χ1) is 7.36. The number of nitrogens with zero attached hydrogens (tertiary/aromatic N) is 2. The van der Waals surface area contributed by atoms with Crippen LogP contribution in [0.15, 0.2) is 18.5 Å². The third-order valence-electron chi connectivity index (χ3n) is 3.47. The van der Waals surface area contributed by atoms with Crippen molar-refractivity contribution in [3.63, 3.8) is 0 Å². The van der Waals surface area contributed by atoms with Crippen LogP contribution in [0.1, 0.15) is 32.6 Å². The molecule has 1 aromatic rings. The van der Waals surface area contributed by atoms with Gasteiger partial charge in [0.15, 0.2) is 0 Å². The van der Waals surface area contributed by atoms with Crippen LogP contribution in [-0.2, 0) is 6.54 Å². The van der Waals surface area contributed by atoms with Crippen LogP contribution in [0.5, 0.6) is 0 Å². The van der Waals surface area contributed by atoms with Crippen molar-refractivity contribution in [2.24, 2.45) is 5.92 Å². The van der Waals surface area contributed by atoms with Gasteiger partial charge in [-0.05, 0) is 31.7 Å². The Morgan fingerprint density at radius 1 is 1.47 bits per heavy atom. The lowest BCUT2D eigenvalue weighted by Crippen LogP contribution is -2.34. The van der Waals surface area contributed by atoms with E-state index in [2.05, 4.69) is 17.3 Å². The second-order valence-electron chi connectivity index (χ2n) is 4.56. The van der Waals surface area contributed by atoms with Crippen LogP contribution < -0.4 is 5.32 Å². The normalized spacial score (nSPS) is 19.5. The number of hydrogen-bond acceptors (Lipinski definition) is 2. The topological polar surface area (TPSA) is 29.9 Å². The number of rotatable bonds is 5. The zero-order valence-electron chi connectivity index (χ0n) is 9.52. The van der Waals surface area contributed by atoms with Crippen molar-refractivity contribution in [2.45, 2.75) is 45.2 Å². The highest BCUT2D eigenvalue weighted by molar-refractivity contribution is 4.79. The van der Waals surface area contributed by atoms with Crippen molar-refractivity contribution < 1.29 is 0 Å². The minimum Gasteiger partial charge on any atom is -0.312 e. The average Bonchev–Trinajstić information content (AvgIpc) is 2.90. The van der Waals surface area contributed by atoms with Crippen molar-refractivity contribution >= 4 is 0 Å². The van der Waals surface area contributed by atoms with Gasteiger partial charge in [0.2, 0.25) is 0 Å². The first-order valence-electron chi connectivity index (χ1n) is 6.07. The summed E-state index contributed by atoms with van der Waals surface area (Å²) in [6, 6.07) is 2.64. The summed E-state index contributed by atoms with van der Waals surface area (Å²) < 4.78 is 1.98. The van der Waals surface area contributed by atoms with Gasteiger partial charge in [0.25, 0.3) is 0 Å². The van der Waals surface area contributed by atoms with Gasteiger partial charge in [-0.1, -0.05) is 12.8 Å². The van der Waals surface area contributed by atoms with Gasteiger partial charge >= 0.3 is 0 Å². The largest absolute Gasteiger partial charge is 0.312 e. The van der Waals surface area contributed by atoms with Gasteiger partial charge in [0.1, 0.15) is 0 Å². The van der Waals surface area contributed by atoms with E-state index in [1.54, 1.807) is 0 Å². The molecule has 1 atom stereocenters. The van der Waals surface area contributed by atoms with Crippen LogP contribution in [0.4, 0.5) is 0 Å². The zero-order valence-corrected chi connectivity index (χ0v) is 9.52. The zero-order chi connectivity index (χ0) is 10.5. The summed E-state index contributed by atoms with van der Waals surface area (Å²) >= 11 is 0. The van der Waals surface area contributed by atoms with E-state index < -0.39 is 0 Å². The maximum atomic E-state index is 4.19. The summed E-state index contributed by atoms with van der Waals surface area (Å²) in [4.78, 5) is 0. The monoisotopic (exact) mass is 207 g/mol. The summed E-state index contributed by atoms with van der Waals surface area (Å²) in [5, 5.41) is 7.79. The van der Waals surface area contributed by atoms with Crippen LogP contribution in [-0.4, -0.2) is 22.4 Å². The summed E-state index contributed by atoms with van der Waals surface area (Å²) in [6.45, 7) is 4.32. The molecule has 0 bridgehead atoms. The predicted molar refractivity (Wildman–Crippen MR) is 61.6 cm³/mol. The predicted octanol–water partition coefficient (Wildman–Crippen LogP) is 2.05. The second-order valence-corrected chi connectivity index (χ2v) is 4.56. The second kappa shape index (κ2) is 5.31. The van der Waals surface area contributed by atoms with Crippen LogP contribution in [0.25, 0.3) is 0 Å². The highest BCUT2D eigenvalue weighted by Crippen LogP contribution is 2.27. The Labute approximate surface area is 91.9 Å². The summed E-state index contributed by atoms with van der Waals surface area (Å²) in [5.41, 5.74) is 0. The minimum absolute atomic E-state index is 0.670. The van der Waals surface area contributed by atoms with Crippen molar-refractivity contribution in [2.75, 3.05) is 6.54 Å². The molecule has 1 N–H and O–H groups in total. The highest BCUT2D eigenvalue weighted by atomic mass is 15.3. The fourth-order valence-electron chi connectivity index (χ4n) is 2.46. The van der Waals surface area contributed by atoms with Crippen LogP contribution in [0.2, 0.25) is 0 Å². The minimum atomic E-state index is 0.670. The van der Waals surface area contributed by atoms with E-state index in [9.17, 15) is 0 Å². The van der Waals surface area contributed by atoms with Gasteiger partial charge in [-0.2, -0.15) is 5.10 Å². The van der Waals surface area contributed by atoms with Crippen molar-refractivity contribution in [1.29, 1.82) is 0 Å². The molecule has 1 fully saturated rings. The molecule has 0 spiro atoms. The SMILES string of the molecule is CC(NCCn1cccn1)C1CCCC1. The molecule has 1 aliphatic rings. The number of hydrogen-bond donors (Lipinski definition) is 1. The van der Waals surface area contributed by atoms with Crippen LogP contribution >= 0.6 is 0 Å². The van der Waals surface area contributed by atoms with Gasteiger partial charge in [0, 0.05) is 25.0 Å². The maximum Gasteiger partial charge on any atom is 0.0534 e. The Bertz CT molecular complexity index is 262. The Morgan fingerprint density at radius 3 is 2.93 bits per heavy atom. The van der Waals surface area contributed by atoms with Gasteiger partial charge < -0.3 is 5.32 Å². The van der Waals surface area contributed by atoms with Crippen molar-refractivity contribution in [3.8, 4) is 0 Å². The lowest BCUT2D eigenvalue weighted by molar-refractivity contribution is 0.372. The molecule has 1 aromatic heterocycles. The van der Waals surface area contributed by atoms with E-state index in [-0.39, 0.29) is 0 Å². The molecule has 3 heteroatoms. The fourth-order valence-corrected chi connectivity index (χ4v) is 2.46. The van der Waals surface area contributed by atoms with Gasteiger partial charge in [-0.25, -0.2) is 0 Å². The lowest BCUT2D eigenvalue weighted by Gasteiger charge is -2.20. The Balaban J connectivity index is 1.64. The maximum absolute atomic E-state index is 4.19. The molecular weight excluding hydrogens is 186 g/mol. The molecule has 1 heterocycles. The molecule has 0 aliphatic heterocycles. The molecule has 3 nitrogen and oxygen atoms in total. The van der Waals surface area contributed by atoms with Gasteiger partial charge in [-0.3, -0.25) is 4.68 Å². The smallest absolute Gasteiger partial charge is 0.0534 e. The third kappa shape index (κ3) is 3.06. The molecule has 0 amide bonds.